The lowest BCUT2D eigenvalue weighted by Gasteiger charge is -2.10. The van der Waals surface area contributed by atoms with Crippen molar-refractivity contribution in [3.8, 4) is 5.75 Å². The SMILES string of the molecule is Cc1cccc(NC(=O)COc2cccc(CNc3ccccc3)c2)c1. The highest BCUT2D eigenvalue weighted by atomic mass is 16.5. The molecule has 0 heterocycles. The van der Waals surface area contributed by atoms with Crippen LogP contribution in [0.5, 0.6) is 5.75 Å². The van der Waals surface area contributed by atoms with Gasteiger partial charge in [0.2, 0.25) is 0 Å². The molecule has 0 unspecified atom stereocenters. The highest BCUT2D eigenvalue weighted by molar-refractivity contribution is 5.91. The Bertz CT molecular complexity index is 863. The minimum absolute atomic E-state index is 0.0243. The number of amides is 1. The molecule has 0 fully saturated rings. The minimum atomic E-state index is -0.177. The lowest BCUT2D eigenvalue weighted by molar-refractivity contribution is -0.118. The van der Waals surface area contributed by atoms with Gasteiger partial charge in [-0.1, -0.05) is 42.5 Å². The van der Waals surface area contributed by atoms with Gasteiger partial charge in [-0.05, 0) is 54.4 Å². The normalized spacial score (nSPS) is 10.2. The number of aryl methyl sites for hydroxylation is 1. The number of nitrogens with one attached hydrogen (secondary N) is 2. The quantitative estimate of drug-likeness (QED) is 0.656. The summed E-state index contributed by atoms with van der Waals surface area (Å²) in [5.74, 6) is 0.500. The van der Waals surface area contributed by atoms with Gasteiger partial charge >= 0.3 is 0 Å². The van der Waals surface area contributed by atoms with Gasteiger partial charge in [0, 0.05) is 17.9 Å². The lowest BCUT2D eigenvalue weighted by atomic mass is 10.2. The molecule has 0 aromatic heterocycles. The van der Waals surface area contributed by atoms with Crippen molar-refractivity contribution in [2.45, 2.75) is 13.5 Å². The Labute approximate surface area is 153 Å². The number of carbonyl (C=O) groups is 1. The average Bonchev–Trinajstić information content (AvgIpc) is 2.66. The van der Waals surface area contributed by atoms with Crippen molar-refractivity contribution in [1.82, 2.24) is 0 Å². The first-order valence-electron chi connectivity index (χ1n) is 8.56. The number of ether oxygens (including phenoxy) is 1. The van der Waals surface area contributed by atoms with Crippen molar-refractivity contribution in [3.63, 3.8) is 0 Å². The van der Waals surface area contributed by atoms with Crippen molar-refractivity contribution in [1.29, 1.82) is 0 Å². The van der Waals surface area contributed by atoms with Gasteiger partial charge in [0.05, 0.1) is 0 Å². The molecule has 132 valence electrons. The molecule has 0 aliphatic carbocycles. The topological polar surface area (TPSA) is 50.4 Å². The number of carbonyl (C=O) groups excluding carboxylic acids is 1. The Morgan fingerprint density at radius 2 is 1.65 bits per heavy atom. The fraction of sp³-hybridized carbons (Fsp3) is 0.136. The number of benzene rings is 3. The van der Waals surface area contributed by atoms with Crippen LogP contribution in [0, 0.1) is 6.92 Å². The van der Waals surface area contributed by atoms with E-state index in [9.17, 15) is 4.79 Å². The fourth-order valence-electron chi connectivity index (χ4n) is 2.57. The van der Waals surface area contributed by atoms with Crippen LogP contribution in [0.1, 0.15) is 11.1 Å². The summed E-state index contributed by atoms with van der Waals surface area (Å²) in [5.41, 5.74) is 4.03. The van der Waals surface area contributed by atoms with Crippen molar-refractivity contribution in [3.05, 3.63) is 90.0 Å². The number of hydrogen-bond donors (Lipinski definition) is 2. The van der Waals surface area contributed by atoms with Gasteiger partial charge in [0.25, 0.3) is 5.91 Å². The van der Waals surface area contributed by atoms with Gasteiger partial charge < -0.3 is 15.4 Å². The van der Waals surface area contributed by atoms with Crippen molar-refractivity contribution in [2.75, 3.05) is 17.2 Å². The number of rotatable bonds is 7. The summed E-state index contributed by atoms with van der Waals surface area (Å²) in [7, 11) is 0. The average molecular weight is 346 g/mol. The number of anilines is 2. The molecule has 4 heteroatoms. The number of para-hydroxylation sites is 1. The molecule has 3 aromatic rings. The summed E-state index contributed by atoms with van der Waals surface area (Å²) in [6, 6.07) is 25.5. The van der Waals surface area contributed by atoms with Gasteiger partial charge in [0.1, 0.15) is 5.75 Å². The van der Waals surface area contributed by atoms with E-state index in [1.165, 1.54) is 0 Å². The van der Waals surface area contributed by atoms with E-state index in [2.05, 4.69) is 10.6 Å². The van der Waals surface area contributed by atoms with Crippen LogP contribution in [0.4, 0.5) is 11.4 Å². The van der Waals surface area contributed by atoms with Gasteiger partial charge in [-0.15, -0.1) is 0 Å². The number of hydrogen-bond acceptors (Lipinski definition) is 3. The Balaban J connectivity index is 1.51. The van der Waals surface area contributed by atoms with E-state index in [0.717, 1.165) is 22.5 Å². The zero-order valence-electron chi connectivity index (χ0n) is 14.7. The highest BCUT2D eigenvalue weighted by Crippen LogP contribution is 2.16. The monoisotopic (exact) mass is 346 g/mol. The maximum Gasteiger partial charge on any atom is 0.262 e. The predicted octanol–water partition coefficient (Wildman–Crippen LogP) is 4.62. The zero-order chi connectivity index (χ0) is 18.2. The molecule has 26 heavy (non-hydrogen) atoms. The molecule has 0 aliphatic rings. The first-order chi connectivity index (χ1) is 12.7. The van der Waals surface area contributed by atoms with E-state index in [0.29, 0.717) is 12.3 Å². The lowest BCUT2D eigenvalue weighted by Crippen LogP contribution is -2.20. The molecule has 1 amide bonds. The van der Waals surface area contributed by atoms with E-state index >= 15 is 0 Å². The smallest absolute Gasteiger partial charge is 0.262 e. The molecule has 2 N–H and O–H groups in total. The summed E-state index contributed by atoms with van der Waals surface area (Å²) in [6.07, 6.45) is 0. The van der Waals surface area contributed by atoms with Crippen LogP contribution >= 0.6 is 0 Å². The van der Waals surface area contributed by atoms with Crippen LogP contribution in [-0.4, -0.2) is 12.5 Å². The van der Waals surface area contributed by atoms with Gasteiger partial charge in [-0.3, -0.25) is 4.79 Å². The van der Waals surface area contributed by atoms with Crippen molar-refractivity contribution >= 4 is 17.3 Å². The Morgan fingerprint density at radius 3 is 2.46 bits per heavy atom. The van der Waals surface area contributed by atoms with Crippen LogP contribution < -0.4 is 15.4 Å². The van der Waals surface area contributed by atoms with E-state index in [1.807, 2.05) is 85.8 Å². The van der Waals surface area contributed by atoms with Gasteiger partial charge in [-0.25, -0.2) is 0 Å². The van der Waals surface area contributed by atoms with Crippen LogP contribution in [0.15, 0.2) is 78.9 Å². The fourth-order valence-corrected chi connectivity index (χ4v) is 2.57. The first kappa shape index (κ1) is 17.5. The maximum absolute atomic E-state index is 12.0. The molecule has 3 rings (SSSR count). The van der Waals surface area contributed by atoms with Crippen LogP contribution in [-0.2, 0) is 11.3 Å². The summed E-state index contributed by atoms with van der Waals surface area (Å²) in [6.45, 7) is 2.65. The van der Waals surface area contributed by atoms with Crippen LogP contribution in [0.25, 0.3) is 0 Å². The summed E-state index contributed by atoms with van der Waals surface area (Å²) in [5, 5.41) is 6.19. The van der Waals surface area contributed by atoms with E-state index in [4.69, 9.17) is 4.74 Å². The minimum Gasteiger partial charge on any atom is -0.484 e. The second-order valence-corrected chi connectivity index (χ2v) is 6.07. The molecule has 0 bridgehead atoms. The van der Waals surface area contributed by atoms with E-state index in [-0.39, 0.29) is 12.5 Å². The standard InChI is InChI=1S/C22H22N2O2/c1-17-7-5-11-20(13-17)24-22(25)16-26-21-12-6-8-18(14-21)15-23-19-9-3-2-4-10-19/h2-14,23H,15-16H2,1H3,(H,24,25). The summed E-state index contributed by atoms with van der Waals surface area (Å²) < 4.78 is 5.62. The van der Waals surface area contributed by atoms with Crippen LogP contribution in [0.3, 0.4) is 0 Å². The second kappa shape index (κ2) is 8.72. The molecular weight excluding hydrogens is 324 g/mol. The van der Waals surface area contributed by atoms with Crippen molar-refractivity contribution < 1.29 is 9.53 Å². The van der Waals surface area contributed by atoms with Crippen LogP contribution in [0.2, 0.25) is 0 Å². The van der Waals surface area contributed by atoms with Crippen molar-refractivity contribution in [2.24, 2.45) is 0 Å². The molecule has 4 nitrogen and oxygen atoms in total. The van der Waals surface area contributed by atoms with Gasteiger partial charge in [0.15, 0.2) is 6.61 Å². The summed E-state index contributed by atoms with van der Waals surface area (Å²) in [4.78, 5) is 12.0. The van der Waals surface area contributed by atoms with E-state index < -0.39 is 0 Å². The molecule has 3 aromatic carbocycles. The predicted molar refractivity (Wildman–Crippen MR) is 106 cm³/mol. The molecule has 0 spiro atoms. The Kier molecular flexibility index (Phi) is 5.88. The Morgan fingerprint density at radius 1 is 0.885 bits per heavy atom. The Hall–Kier alpha value is -3.27. The maximum atomic E-state index is 12.0. The first-order valence-corrected chi connectivity index (χ1v) is 8.56. The zero-order valence-corrected chi connectivity index (χ0v) is 14.7. The molecule has 0 saturated heterocycles. The van der Waals surface area contributed by atoms with E-state index in [1.54, 1.807) is 0 Å². The molecule has 0 saturated carbocycles. The third kappa shape index (κ3) is 5.38. The van der Waals surface area contributed by atoms with Gasteiger partial charge in [-0.2, -0.15) is 0 Å². The third-order valence-electron chi connectivity index (χ3n) is 3.84. The molecular formula is C22H22N2O2. The molecule has 0 radical (unpaired) electrons. The summed E-state index contributed by atoms with van der Waals surface area (Å²) >= 11 is 0. The third-order valence-corrected chi connectivity index (χ3v) is 3.84. The largest absolute Gasteiger partial charge is 0.484 e. The molecule has 0 atom stereocenters. The molecule has 0 aliphatic heterocycles. The second-order valence-electron chi connectivity index (χ2n) is 6.07. The highest BCUT2D eigenvalue weighted by Gasteiger charge is 2.05.